The Morgan fingerprint density at radius 2 is 2.10 bits per heavy atom. The molecule has 0 bridgehead atoms. The molecular weight excluding hydrogens is 319 g/mol. The zero-order valence-electron chi connectivity index (χ0n) is 11.4. The fourth-order valence-corrected chi connectivity index (χ4v) is 4.75. The minimum absolute atomic E-state index is 0. The molecule has 1 unspecified atom stereocenters. The summed E-state index contributed by atoms with van der Waals surface area (Å²) in [6.07, 6.45) is 2.72. The number of sulfonamides is 1. The van der Waals surface area contributed by atoms with Gasteiger partial charge >= 0.3 is 0 Å². The van der Waals surface area contributed by atoms with Gasteiger partial charge in [0.1, 0.15) is 4.90 Å². The summed E-state index contributed by atoms with van der Waals surface area (Å²) in [7, 11) is -3.55. The fraction of sp³-hybridized carbons (Fsp3) is 0.538. The van der Waals surface area contributed by atoms with Crippen LogP contribution in [0.4, 0.5) is 0 Å². The average Bonchev–Trinajstić information content (AvgIpc) is 2.38. The molecule has 0 aliphatic carbocycles. The molecule has 114 valence electrons. The van der Waals surface area contributed by atoms with Crippen LogP contribution in [0.1, 0.15) is 24.8 Å². The third kappa shape index (κ3) is 3.46. The molecule has 1 saturated heterocycles. The Morgan fingerprint density at radius 3 is 2.70 bits per heavy atom. The molecule has 4 nitrogen and oxygen atoms in total. The molecule has 1 aromatic carbocycles. The van der Waals surface area contributed by atoms with Gasteiger partial charge in [0, 0.05) is 19.1 Å². The standard InChI is InChI=1S/C13H19ClN2O2S.ClH/c1-10-5-6-13(12(14)8-10)19(17,18)16-7-3-2-4-11(16)9-15;/h5-6,8,11H,2-4,7,9,15H2,1H3;1H. The largest absolute Gasteiger partial charge is 0.329 e. The van der Waals surface area contributed by atoms with E-state index < -0.39 is 10.0 Å². The van der Waals surface area contributed by atoms with Crippen molar-refractivity contribution in [2.45, 2.75) is 37.1 Å². The van der Waals surface area contributed by atoms with Crippen LogP contribution in [0.2, 0.25) is 5.02 Å². The van der Waals surface area contributed by atoms with Crippen LogP contribution in [0.5, 0.6) is 0 Å². The van der Waals surface area contributed by atoms with E-state index in [1.807, 2.05) is 6.92 Å². The van der Waals surface area contributed by atoms with Gasteiger partial charge < -0.3 is 5.73 Å². The summed E-state index contributed by atoms with van der Waals surface area (Å²) >= 11 is 6.09. The van der Waals surface area contributed by atoms with Gasteiger partial charge in [0.2, 0.25) is 10.0 Å². The minimum atomic E-state index is -3.55. The molecule has 2 rings (SSSR count). The van der Waals surface area contributed by atoms with E-state index in [1.165, 1.54) is 4.31 Å². The van der Waals surface area contributed by atoms with E-state index >= 15 is 0 Å². The number of rotatable bonds is 3. The van der Waals surface area contributed by atoms with Gasteiger partial charge in [0.25, 0.3) is 0 Å². The summed E-state index contributed by atoms with van der Waals surface area (Å²) in [6.45, 7) is 2.75. The number of nitrogens with zero attached hydrogens (tertiary/aromatic N) is 1. The van der Waals surface area contributed by atoms with Crippen LogP contribution in [0.3, 0.4) is 0 Å². The van der Waals surface area contributed by atoms with Crippen LogP contribution in [-0.2, 0) is 10.0 Å². The van der Waals surface area contributed by atoms with Crippen molar-refractivity contribution in [1.29, 1.82) is 0 Å². The number of aryl methyl sites for hydroxylation is 1. The average molecular weight is 339 g/mol. The van der Waals surface area contributed by atoms with Crippen LogP contribution < -0.4 is 5.73 Å². The molecule has 7 heteroatoms. The van der Waals surface area contributed by atoms with E-state index in [4.69, 9.17) is 17.3 Å². The molecular formula is C13H20Cl2N2O2S. The summed E-state index contributed by atoms with van der Waals surface area (Å²) in [5.74, 6) is 0. The number of piperidine rings is 1. The Balaban J connectivity index is 0.00000200. The maximum Gasteiger partial charge on any atom is 0.244 e. The highest BCUT2D eigenvalue weighted by atomic mass is 35.5. The van der Waals surface area contributed by atoms with E-state index in [-0.39, 0.29) is 28.4 Å². The van der Waals surface area contributed by atoms with Crippen molar-refractivity contribution in [3.8, 4) is 0 Å². The van der Waals surface area contributed by atoms with E-state index in [0.29, 0.717) is 13.1 Å². The second-order valence-electron chi connectivity index (χ2n) is 4.93. The third-order valence-corrected chi connectivity index (χ3v) is 5.95. The van der Waals surface area contributed by atoms with Crippen LogP contribution in [-0.4, -0.2) is 31.9 Å². The lowest BCUT2D eigenvalue weighted by atomic mass is 10.1. The van der Waals surface area contributed by atoms with Crippen molar-refractivity contribution in [2.75, 3.05) is 13.1 Å². The van der Waals surface area contributed by atoms with Gasteiger partial charge in [-0.2, -0.15) is 4.31 Å². The molecule has 1 aromatic rings. The van der Waals surface area contributed by atoms with Gasteiger partial charge in [0.05, 0.1) is 5.02 Å². The molecule has 1 aliphatic rings. The topological polar surface area (TPSA) is 63.4 Å². The lowest BCUT2D eigenvalue weighted by molar-refractivity contribution is 0.257. The predicted octanol–water partition coefficient (Wildman–Crippen LogP) is 2.57. The molecule has 1 atom stereocenters. The van der Waals surface area contributed by atoms with Crippen molar-refractivity contribution < 1.29 is 8.42 Å². The summed E-state index contributed by atoms with van der Waals surface area (Å²) in [4.78, 5) is 0.181. The normalized spacial score (nSPS) is 20.4. The van der Waals surface area contributed by atoms with Crippen molar-refractivity contribution in [3.05, 3.63) is 28.8 Å². The Labute approximate surface area is 131 Å². The number of hydrogen-bond acceptors (Lipinski definition) is 3. The Hall–Kier alpha value is -0.330. The summed E-state index contributed by atoms with van der Waals surface area (Å²) in [5.41, 5.74) is 6.63. The third-order valence-electron chi connectivity index (χ3n) is 3.52. The van der Waals surface area contributed by atoms with Crippen LogP contribution in [0.15, 0.2) is 23.1 Å². The van der Waals surface area contributed by atoms with Gasteiger partial charge in [-0.15, -0.1) is 12.4 Å². The van der Waals surface area contributed by atoms with Crippen LogP contribution in [0.25, 0.3) is 0 Å². The first-order valence-corrected chi connectivity index (χ1v) is 8.26. The van der Waals surface area contributed by atoms with Crippen LogP contribution in [0, 0.1) is 6.92 Å². The first-order valence-electron chi connectivity index (χ1n) is 6.45. The molecule has 1 aliphatic heterocycles. The SMILES string of the molecule is Cc1ccc(S(=O)(=O)N2CCCCC2CN)c(Cl)c1.Cl. The summed E-state index contributed by atoms with van der Waals surface area (Å²) < 4.78 is 26.9. The lowest BCUT2D eigenvalue weighted by Gasteiger charge is -2.34. The van der Waals surface area contributed by atoms with Crippen LogP contribution >= 0.6 is 24.0 Å². The van der Waals surface area contributed by atoms with Crippen molar-refractivity contribution in [2.24, 2.45) is 5.73 Å². The molecule has 2 N–H and O–H groups in total. The van der Waals surface area contributed by atoms with E-state index in [0.717, 1.165) is 24.8 Å². The summed E-state index contributed by atoms with van der Waals surface area (Å²) in [5, 5.41) is 0.279. The van der Waals surface area contributed by atoms with Crippen molar-refractivity contribution >= 4 is 34.0 Å². The molecule has 0 spiro atoms. The molecule has 0 aromatic heterocycles. The number of benzene rings is 1. The molecule has 0 amide bonds. The van der Waals surface area contributed by atoms with E-state index in [9.17, 15) is 8.42 Å². The first-order chi connectivity index (χ1) is 8.96. The monoisotopic (exact) mass is 338 g/mol. The lowest BCUT2D eigenvalue weighted by Crippen LogP contribution is -2.47. The van der Waals surface area contributed by atoms with Gasteiger partial charge in [-0.3, -0.25) is 0 Å². The van der Waals surface area contributed by atoms with E-state index in [1.54, 1.807) is 18.2 Å². The zero-order valence-corrected chi connectivity index (χ0v) is 13.8. The highest BCUT2D eigenvalue weighted by molar-refractivity contribution is 7.89. The van der Waals surface area contributed by atoms with Crippen molar-refractivity contribution in [1.82, 2.24) is 4.31 Å². The number of nitrogens with two attached hydrogens (primary N) is 1. The molecule has 20 heavy (non-hydrogen) atoms. The fourth-order valence-electron chi connectivity index (χ4n) is 2.47. The first kappa shape index (κ1) is 17.7. The number of halogens is 2. The highest BCUT2D eigenvalue weighted by Gasteiger charge is 2.33. The van der Waals surface area contributed by atoms with Gasteiger partial charge in [-0.25, -0.2) is 8.42 Å². The Kier molecular flexibility index (Phi) is 6.28. The summed E-state index contributed by atoms with van der Waals surface area (Å²) in [6, 6.07) is 4.90. The number of hydrogen-bond donors (Lipinski definition) is 1. The van der Waals surface area contributed by atoms with Crippen molar-refractivity contribution in [3.63, 3.8) is 0 Å². The molecule has 0 saturated carbocycles. The smallest absolute Gasteiger partial charge is 0.244 e. The Bertz CT molecular complexity index is 563. The molecule has 1 fully saturated rings. The maximum atomic E-state index is 12.7. The maximum absolute atomic E-state index is 12.7. The Morgan fingerprint density at radius 1 is 1.40 bits per heavy atom. The highest BCUT2D eigenvalue weighted by Crippen LogP contribution is 2.29. The second kappa shape index (κ2) is 7.09. The zero-order chi connectivity index (χ0) is 14.0. The van der Waals surface area contributed by atoms with E-state index in [2.05, 4.69) is 0 Å². The molecule has 1 heterocycles. The quantitative estimate of drug-likeness (QED) is 0.921. The second-order valence-corrected chi connectivity index (χ2v) is 7.20. The predicted molar refractivity (Wildman–Crippen MR) is 84.0 cm³/mol. The van der Waals surface area contributed by atoms with Gasteiger partial charge in [0.15, 0.2) is 0 Å². The molecule has 0 radical (unpaired) electrons. The van der Waals surface area contributed by atoms with Gasteiger partial charge in [-0.05, 0) is 37.5 Å². The van der Waals surface area contributed by atoms with Gasteiger partial charge in [-0.1, -0.05) is 24.1 Å². The minimum Gasteiger partial charge on any atom is -0.329 e.